The maximum atomic E-state index is 13.0. The van der Waals surface area contributed by atoms with Gasteiger partial charge >= 0.3 is 39.5 Å². The highest BCUT2D eigenvalue weighted by molar-refractivity contribution is 7.47. The number of carbonyl (C=O) groups excluding carboxylic acids is 4. The molecule has 0 aromatic rings. The molecule has 3 unspecified atom stereocenters. The van der Waals surface area contributed by atoms with Crippen molar-refractivity contribution >= 4 is 39.5 Å². The second kappa shape index (κ2) is 61.6. The van der Waals surface area contributed by atoms with Crippen LogP contribution >= 0.6 is 15.6 Å². The monoisotopic (exact) mass is 1280 g/mol. The van der Waals surface area contributed by atoms with Gasteiger partial charge in [0.05, 0.1) is 26.4 Å². The van der Waals surface area contributed by atoms with Crippen LogP contribution in [0.3, 0.4) is 0 Å². The van der Waals surface area contributed by atoms with E-state index in [2.05, 4.69) is 34.6 Å². The lowest BCUT2D eigenvalue weighted by Crippen LogP contribution is -2.30. The van der Waals surface area contributed by atoms with Crippen molar-refractivity contribution in [3.8, 4) is 0 Å². The van der Waals surface area contributed by atoms with Crippen molar-refractivity contribution in [2.24, 2.45) is 5.92 Å². The number of esters is 4. The van der Waals surface area contributed by atoms with E-state index in [4.69, 9.17) is 37.0 Å². The van der Waals surface area contributed by atoms with E-state index in [1.54, 1.807) is 0 Å². The van der Waals surface area contributed by atoms with Crippen LogP contribution in [0.15, 0.2) is 0 Å². The van der Waals surface area contributed by atoms with Gasteiger partial charge in [0.15, 0.2) is 12.2 Å². The summed E-state index contributed by atoms with van der Waals surface area (Å²) in [6, 6.07) is 0. The van der Waals surface area contributed by atoms with Crippen molar-refractivity contribution in [1.82, 2.24) is 0 Å². The van der Waals surface area contributed by atoms with Crippen molar-refractivity contribution in [3.63, 3.8) is 0 Å². The predicted molar refractivity (Wildman–Crippen MR) is 349 cm³/mol. The highest BCUT2D eigenvalue weighted by Crippen LogP contribution is 2.45. The van der Waals surface area contributed by atoms with Gasteiger partial charge in [0.25, 0.3) is 0 Å². The fourth-order valence-electron chi connectivity index (χ4n) is 10.3. The second-order valence-electron chi connectivity index (χ2n) is 24.8. The van der Waals surface area contributed by atoms with Crippen LogP contribution in [0.5, 0.6) is 0 Å². The first-order valence-electron chi connectivity index (χ1n) is 35.7. The number of phosphoric ester groups is 2. The molecular formula is C68H132O17P2. The number of aliphatic hydroxyl groups is 1. The lowest BCUT2D eigenvalue weighted by molar-refractivity contribution is -0.161. The molecule has 0 bridgehead atoms. The minimum Gasteiger partial charge on any atom is -0.462 e. The first kappa shape index (κ1) is 85.1. The number of hydrogen-bond donors (Lipinski definition) is 3. The van der Waals surface area contributed by atoms with Gasteiger partial charge in [0.1, 0.15) is 19.3 Å². The number of rotatable bonds is 68. The van der Waals surface area contributed by atoms with E-state index in [1.165, 1.54) is 161 Å². The number of ether oxygens (including phenoxy) is 4. The largest absolute Gasteiger partial charge is 0.472 e. The van der Waals surface area contributed by atoms with Crippen molar-refractivity contribution in [1.29, 1.82) is 0 Å². The molecule has 3 N–H and O–H groups in total. The molecule has 0 aliphatic rings. The number of aliphatic hydroxyl groups excluding tert-OH is 1. The van der Waals surface area contributed by atoms with Crippen molar-refractivity contribution in [2.75, 3.05) is 39.6 Å². The van der Waals surface area contributed by atoms with E-state index < -0.39 is 97.5 Å². The molecule has 0 amide bonds. The summed E-state index contributed by atoms with van der Waals surface area (Å²) in [5, 5.41) is 10.6. The number of carbonyl (C=O) groups is 4. The normalized spacial score (nSPS) is 14.4. The summed E-state index contributed by atoms with van der Waals surface area (Å²) >= 11 is 0. The standard InChI is InChI=1S/C68H132O17P2/c1-6-10-13-16-19-21-23-25-26-27-28-30-32-34-37-43-48-53-67(72)84-63(58-79-66(71)52-47-42-36-33-31-29-24-22-20-17-14-11-7-2)59-82-86(74,75)80-55-62(69)56-81-87(76,77)83-60-64(57-78-65(70)51-46-41-35-18-15-12-8-3)85-68(73)54-49-44-39-38-40-45-50-61(5)9-4/h61-64,69H,6-60H2,1-5H3,(H,74,75)(H,76,77)/t61?,62-,63-,64-/m1/s1. The summed E-state index contributed by atoms with van der Waals surface area (Å²) in [4.78, 5) is 72.3. The highest BCUT2D eigenvalue weighted by atomic mass is 31.2. The number of hydrogen-bond acceptors (Lipinski definition) is 15. The average molecular weight is 1280 g/mol. The smallest absolute Gasteiger partial charge is 0.462 e. The van der Waals surface area contributed by atoms with Gasteiger partial charge in [-0.1, -0.05) is 298 Å². The van der Waals surface area contributed by atoms with Gasteiger partial charge in [-0.3, -0.25) is 37.3 Å². The van der Waals surface area contributed by atoms with Crippen LogP contribution in [-0.2, 0) is 65.4 Å². The van der Waals surface area contributed by atoms with Crippen molar-refractivity contribution in [2.45, 2.75) is 368 Å². The van der Waals surface area contributed by atoms with Crippen LogP contribution in [0.2, 0.25) is 0 Å². The molecule has 87 heavy (non-hydrogen) atoms. The van der Waals surface area contributed by atoms with Crippen molar-refractivity contribution in [3.05, 3.63) is 0 Å². The van der Waals surface area contributed by atoms with Gasteiger partial charge in [0, 0.05) is 25.7 Å². The van der Waals surface area contributed by atoms with Crippen LogP contribution in [-0.4, -0.2) is 96.7 Å². The van der Waals surface area contributed by atoms with E-state index in [-0.39, 0.29) is 25.7 Å². The molecule has 0 spiro atoms. The Morgan fingerprint density at radius 1 is 0.322 bits per heavy atom. The molecule has 0 aliphatic heterocycles. The molecule has 6 atom stereocenters. The Labute approximate surface area is 530 Å². The highest BCUT2D eigenvalue weighted by Gasteiger charge is 2.30. The van der Waals surface area contributed by atoms with Crippen molar-refractivity contribution < 1.29 is 80.2 Å². The predicted octanol–water partition coefficient (Wildman–Crippen LogP) is 19.4. The Hall–Kier alpha value is -1.94. The maximum Gasteiger partial charge on any atom is 0.472 e. The molecular weight excluding hydrogens is 1150 g/mol. The van der Waals surface area contributed by atoms with Gasteiger partial charge < -0.3 is 33.8 Å². The molecule has 0 aromatic carbocycles. The van der Waals surface area contributed by atoms with Gasteiger partial charge in [-0.2, -0.15) is 0 Å². The topological polar surface area (TPSA) is 237 Å². The number of phosphoric acid groups is 2. The molecule has 0 rings (SSSR count). The molecule has 0 saturated carbocycles. The summed E-state index contributed by atoms with van der Waals surface area (Å²) in [6.07, 6.45) is 47.3. The Bertz CT molecular complexity index is 1690. The van der Waals surface area contributed by atoms with E-state index >= 15 is 0 Å². The Morgan fingerprint density at radius 3 is 0.816 bits per heavy atom. The molecule has 0 aliphatic carbocycles. The van der Waals surface area contributed by atoms with Crippen LogP contribution in [0.1, 0.15) is 349 Å². The van der Waals surface area contributed by atoms with Gasteiger partial charge in [-0.05, 0) is 31.6 Å². The molecule has 17 nitrogen and oxygen atoms in total. The summed E-state index contributed by atoms with van der Waals surface area (Å²) in [6.45, 7) is 7.14. The molecule has 0 saturated heterocycles. The Morgan fingerprint density at radius 2 is 0.552 bits per heavy atom. The van der Waals surface area contributed by atoms with Crippen LogP contribution in [0.4, 0.5) is 0 Å². The zero-order chi connectivity index (χ0) is 64.2. The molecule has 19 heteroatoms. The van der Waals surface area contributed by atoms with E-state index in [9.17, 15) is 43.2 Å². The fourth-order valence-corrected chi connectivity index (χ4v) is 11.8. The third kappa shape index (κ3) is 61.3. The molecule has 0 radical (unpaired) electrons. The van der Waals surface area contributed by atoms with E-state index in [1.807, 2.05) is 0 Å². The maximum absolute atomic E-state index is 13.0. The summed E-state index contributed by atoms with van der Waals surface area (Å²) < 4.78 is 68.1. The third-order valence-corrected chi connectivity index (χ3v) is 18.0. The lowest BCUT2D eigenvalue weighted by Gasteiger charge is -2.21. The molecule has 0 fully saturated rings. The van der Waals surface area contributed by atoms with E-state index in [0.29, 0.717) is 25.7 Å². The zero-order valence-electron chi connectivity index (χ0n) is 56.2. The first-order valence-corrected chi connectivity index (χ1v) is 38.7. The minimum atomic E-state index is -4.95. The van der Waals surface area contributed by atoms with Crippen LogP contribution in [0, 0.1) is 5.92 Å². The van der Waals surface area contributed by atoms with Gasteiger partial charge in [-0.25, -0.2) is 9.13 Å². The summed E-state index contributed by atoms with van der Waals surface area (Å²) in [5.74, 6) is -1.41. The quantitative estimate of drug-likeness (QED) is 0.0222. The Kier molecular flexibility index (Phi) is 60.2. The third-order valence-electron chi connectivity index (χ3n) is 16.1. The fraction of sp³-hybridized carbons (Fsp3) is 0.941. The van der Waals surface area contributed by atoms with Gasteiger partial charge in [-0.15, -0.1) is 0 Å². The minimum absolute atomic E-state index is 0.103. The van der Waals surface area contributed by atoms with Crippen LogP contribution in [0.25, 0.3) is 0 Å². The number of unbranched alkanes of at least 4 members (excludes halogenated alkanes) is 39. The average Bonchev–Trinajstić information content (AvgIpc) is 3.71. The lowest BCUT2D eigenvalue weighted by atomic mass is 10.00. The summed E-state index contributed by atoms with van der Waals surface area (Å²) in [5.41, 5.74) is 0. The molecule has 0 aromatic heterocycles. The molecule has 0 heterocycles. The van der Waals surface area contributed by atoms with Gasteiger partial charge in [0.2, 0.25) is 0 Å². The van der Waals surface area contributed by atoms with E-state index in [0.717, 1.165) is 109 Å². The second-order valence-corrected chi connectivity index (χ2v) is 27.7. The Balaban J connectivity index is 5.20. The summed E-state index contributed by atoms with van der Waals surface area (Å²) in [7, 11) is -9.89. The molecule has 516 valence electrons. The zero-order valence-corrected chi connectivity index (χ0v) is 57.9. The SMILES string of the molecule is CCCCCCCCCCCCCCCCCCCC(=O)O[C@H](COC(=O)CCCCCCCCCCCCCCC)COP(=O)(O)OC[C@@H](O)COP(=O)(O)OC[C@@H](COC(=O)CCCCCCCCC)OC(=O)CCCCCCCCC(C)CC. The van der Waals surface area contributed by atoms with Crippen LogP contribution < -0.4 is 0 Å². The first-order chi connectivity index (χ1) is 42.1.